The highest BCUT2D eigenvalue weighted by atomic mass is 19.1. The molecule has 0 aliphatic heterocycles. The van der Waals surface area contributed by atoms with Crippen molar-refractivity contribution in [3.05, 3.63) is 53.3 Å². The molecule has 0 aromatic heterocycles. The van der Waals surface area contributed by atoms with Gasteiger partial charge in [0, 0.05) is 6.07 Å². The molecule has 2 rings (SSSR count). The molecule has 0 heterocycles. The van der Waals surface area contributed by atoms with E-state index >= 15 is 0 Å². The number of aryl methyl sites for hydroxylation is 2. The van der Waals surface area contributed by atoms with Gasteiger partial charge in [-0.2, -0.15) is 0 Å². The number of hydrogen-bond donors (Lipinski definition) is 0. The molecule has 88 valence electrons. The van der Waals surface area contributed by atoms with Gasteiger partial charge in [-0.05, 0) is 48.2 Å². The first kappa shape index (κ1) is 11.6. The van der Waals surface area contributed by atoms with Gasteiger partial charge in [-0.15, -0.1) is 0 Å². The van der Waals surface area contributed by atoms with E-state index in [-0.39, 0.29) is 5.82 Å². The smallest absolute Gasteiger partial charge is 0.127 e. The van der Waals surface area contributed by atoms with E-state index < -0.39 is 0 Å². The van der Waals surface area contributed by atoms with Crippen LogP contribution in [0.4, 0.5) is 4.39 Å². The lowest BCUT2D eigenvalue weighted by Crippen LogP contribution is -1.91. The first-order valence-corrected chi connectivity index (χ1v) is 5.53. The first-order valence-electron chi connectivity index (χ1n) is 5.53. The predicted molar refractivity (Wildman–Crippen MR) is 67.9 cm³/mol. The summed E-state index contributed by atoms with van der Waals surface area (Å²) in [6.45, 7) is 4.05. The number of benzene rings is 2. The van der Waals surface area contributed by atoms with Crippen LogP contribution in [-0.2, 0) is 0 Å². The van der Waals surface area contributed by atoms with E-state index in [9.17, 15) is 4.39 Å². The molecule has 0 saturated heterocycles. The van der Waals surface area contributed by atoms with Crippen LogP contribution in [-0.4, -0.2) is 7.11 Å². The summed E-state index contributed by atoms with van der Waals surface area (Å²) in [5.74, 6) is 0.268. The van der Waals surface area contributed by atoms with Crippen molar-refractivity contribution >= 4 is 0 Å². The topological polar surface area (TPSA) is 9.23 Å². The highest BCUT2D eigenvalue weighted by Crippen LogP contribution is 2.30. The summed E-state index contributed by atoms with van der Waals surface area (Å²) in [7, 11) is 1.54. The van der Waals surface area contributed by atoms with E-state index in [0.717, 1.165) is 22.3 Å². The van der Waals surface area contributed by atoms with Crippen LogP contribution in [0.15, 0.2) is 36.4 Å². The number of halogens is 1. The SMILES string of the molecule is COc1cc(F)cc(-c2c(C)cccc2C)c1. The summed E-state index contributed by atoms with van der Waals surface area (Å²) in [6, 6.07) is 10.8. The van der Waals surface area contributed by atoms with Crippen molar-refractivity contribution < 1.29 is 9.13 Å². The average molecular weight is 230 g/mol. The quantitative estimate of drug-likeness (QED) is 0.754. The minimum absolute atomic E-state index is 0.276. The average Bonchev–Trinajstić information content (AvgIpc) is 2.28. The molecule has 0 bridgehead atoms. The number of rotatable bonds is 2. The Balaban J connectivity index is 2.64. The molecule has 0 radical (unpaired) electrons. The summed E-state index contributed by atoms with van der Waals surface area (Å²) in [6.07, 6.45) is 0. The molecule has 0 unspecified atom stereocenters. The van der Waals surface area contributed by atoms with Crippen LogP contribution >= 0.6 is 0 Å². The molecule has 0 aliphatic rings. The van der Waals surface area contributed by atoms with Crippen LogP contribution in [0.3, 0.4) is 0 Å². The summed E-state index contributed by atoms with van der Waals surface area (Å²) in [5, 5.41) is 0. The standard InChI is InChI=1S/C15H15FO/c1-10-5-4-6-11(2)15(10)12-7-13(16)9-14(8-12)17-3/h4-9H,1-3H3. The largest absolute Gasteiger partial charge is 0.497 e. The molecule has 1 nitrogen and oxygen atoms in total. The van der Waals surface area contributed by atoms with E-state index in [1.165, 1.54) is 12.1 Å². The fourth-order valence-corrected chi connectivity index (χ4v) is 2.09. The third-order valence-corrected chi connectivity index (χ3v) is 2.88. The van der Waals surface area contributed by atoms with Crippen LogP contribution in [0.25, 0.3) is 11.1 Å². The van der Waals surface area contributed by atoms with Crippen LogP contribution in [0.1, 0.15) is 11.1 Å². The summed E-state index contributed by atoms with van der Waals surface area (Å²) >= 11 is 0. The summed E-state index contributed by atoms with van der Waals surface area (Å²) in [4.78, 5) is 0. The molecule has 0 N–H and O–H groups in total. The second kappa shape index (κ2) is 4.58. The molecule has 17 heavy (non-hydrogen) atoms. The fourth-order valence-electron chi connectivity index (χ4n) is 2.09. The minimum atomic E-state index is -0.276. The second-order valence-corrected chi connectivity index (χ2v) is 4.15. The number of ether oxygens (including phenoxy) is 1. The van der Waals surface area contributed by atoms with Gasteiger partial charge in [0.05, 0.1) is 7.11 Å². The Morgan fingerprint density at radius 1 is 1.00 bits per heavy atom. The van der Waals surface area contributed by atoms with Crippen LogP contribution in [0.5, 0.6) is 5.75 Å². The Hall–Kier alpha value is -1.83. The van der Waals surface area contributed by atoms with E-state index in [4.69, 9.17) is 4.74 Å². The maximum Gasteiger partial charge on any atom is 0.127 e. The third kappa shape index (κ3) is 2.31. The summed E-state index contributed by atoms with van der Waals surface area (Å²) < 4.78 is 18.6. The Bertz CT molecular complexity index is 526. The van der Waals surface area contributed by atoms with Crippen molar-refractivity contribution in [3.63, 3.8) is 0 Å². The third-order valence-electron chi connectivity index (χ3n) is 2.88. The molecule has 0 amide bonds. The zero-order valence-corrected chi connectivity index (χ0v) is 10.3. The van der Waals surface area contributed by atoms with E-state index in [1.807, 2.05) is 38.1 Å². The summed E-state index contributed by atoms with van der Waals surface area (Å²) in [5.41, 5.74) is 4.21. The van der Waals surface area contributed by atoms with Crippen LogP contribution < -0.4 is 4.74 Å². The second-order valence-electron chi connectivity index (χ2n) is 4.15. The zero-order chi connectivity index (χ0) is 12.4. The Morgan fingerprint density at radius 2 is 1.65 bits per heavy atom. The van der Waals surface area contributed by atoms with Gasteiger partial charge in [0.25, 0.3) is 0 Å². The fraction of sp³-hybridized carbons (Fsp3) is 0.200. The van der Waals surface area contributed by atoms with Gasteiger partial charge >= 0.3 is 0 Å². The lowest BCUT2D eigenvalue weighted by molar-refractivity contribution is 0.411. The van der Waals surface area contributed by atoms with Gasteiger partial charge in [0.1, 0.15) is 11.6 Å². The molecule has 2 heteroatoms. The molecular weight excluding hydrogens is 215 g/mol. The monoisotopic (exact) mass is 230 g/mol. The van der Waals surface area contributed by atoms with E-state index in [2.05, 4.69) is 0 Å². The number of hydrogen-bond acceptors (Lipinski definition) is 1. The highest BCUT2D eigenvalue weighted by Gasteiger charge is 2.08. The van der Waals surface area contributed by atoms with E-state index in [0.29, 0.717) is 5.75 Å². The molecule has 2 aromatic rings. The van der Waals surface area contributed by atoms with Crippen molar-refractivity contribution in [2.24, 2.45) is 0 Å². The Labute approximate surface area is 101 Å². The Morgan fingerprint density at radius 3 is 2.24 bits per heavy atom. The van der Waals surface area contributed by atoms with Gasteiger partial charge in [0.15, 0.2) is 0 Å². The van der Waals surface area contributed by atoms with Crippen molar-refractivity contribution in [1.82, 2.24) is 0 Å². The minimum Gasteiger partial charge on any atom is -0.497 e. The Kier molecular flexibility index (Phi) is 3.14. The molecular formula is C15H15FO. The van der Waals surface area contributed by atoms with Gasteiger partial charge in [-0.25, -0.2) is 4.39 Å². The maximum atomic E-state index is 13.5. The maximum absolute atomic E-state index is 13.5. The molecule has 0 aliphatic carbocycles. The normalized spacial score (nSPS) is 10.4. The lowest BCUT2D eigenvalue weighted by atomic mass is 9.96. The highest BCUT2D eigenvalue weighted by molar-refractivity contribution is 5.71. The molecule has 0 saturated carbocycles. The molecule has 2 aromatic carbocycles. The van der Waals surface area contributed by atoms with Crippen LogP contribution in [0.2, 0.25) is 0 Å². The van der Waals surface area contributed by atoms with Gasteiger partial charge in [-0.3, -0.25) is 0 Å². The van der Waals surface area contributed by atoms with Gasteiger partial charge in [0.2, 0.25) is 0 Å². The van der Waals surface area contributed by atoms with Crippen molar-refractivity contribution in [2.75, 3.05) is 7.11 Å². The van der Waals surface area contributed by atoms with Gasteiger partial charge < -0.3 is 4.74 Å². The molecule has 0 spiro atoms. The zero-order valence-electron chi connectivity index (χ0n) is 10.3. The van der Waals surface area contributed by atoms with Crippen LogP contribution in [0, 0.1) is 19.7 Å². The molecule has 0 fully saturated rings. The van der Waals surface area contributed by atoms with Crippen molar-refractivity contribution in [1.29, 1.82) is 0 Å². The number of methoxy groups -OCH3 is 1. The molecule has 0 atom stereocenters. The lowest BCUT2D eigenvalue weighted by Gasteiger charge is -2.11. The van der Waals surface area contributed by atoms with Gasteiger partial charge in [-0.1, -0.05) is 18.2 Å². The predicted octanol–water partition coefficient (Wildman–Crippen LogP) is 4.12. The van der Waals surface area contributed by atoms with Crippen molar-refractivity contribution in [2.45, 2.75) is 13.8 Å². The van der Waals surface area contributed by atoms with E-state index in [1.54, 1.807) is 7.11 Å². The van der Waals surface area contributed by atoms with Crippen molar-refractivity contribution in [3.8, 4) is 16.9 Å². The first-order chi connectivity index (χ1) is 8.11.